The number of carbonyl (C=O) groups excluding carboxylic acids is 1. The summed E-state index contributed by atoms with van der Waals surface area (Å²) in [5.74, 6) is 3.05. The van der Waals surface area contributed by atoms with Crippen molar-refractivity contribution >= 4 is 23.4 Å². The van der Waals surface area contributed by atoms with E-state index >= 15 is 0 Å². The zero-order chi connectivity index (χ0) is 21.6. The molecular formula is C21H28N6O4. The van der Waals surface area contributed by atoms with Gasteiger partial charge in [0.15, 0.2) is 0 Å². The first-order valence-corrected chi connectivity index (χ1v) is 10.3. The van der Waals surface area contributed by atoms with Crippen LogP contribution in [-0.4, -0.2) is 87.6 Å². The standard InChI is InChI=1S/C21H28N6O4/c1-29-17-11-16(12-18(13-17)30-2)24-21(28)27-5-3-25(4-6-27)19-14-20(23-15-22-19)26-7-9-31-10-8-26/h11-15H,3-10H2,1-2H3,(H,24,28). The van der Waals surface area contributed by atoms with Gasteiger partial charge in [0.1, 0.15) is 29.5 Å². The van der Waals surface area contributed by atoms with Gasteiger partial charge in [-0.15, -0.1) is 0 Å². The number of hydrogen-bond donors (Lipinski definition) is 1. The van der Waals surface area contributed by atoms with Crippen molar-refractivity contribution in [2.24, 2.45) is 0 Å². The summed E-state index contributed by atoms with van der Waals surface area (Å²) in [5, 5.41) is 2.93. The summed E-state index contributed by atoms with van der Waals surface area (Å²) in [6.45, 7) is 5.70. The molecule has 2 fully saturated rings. The normalized spacial score (nSPS) is 16.8. The highest BCUT2D eigenvalue weighted by molar-refractivity contribution is 5.90. The minimum atomic E-state index is -0.147. The van der Waals surface area contributed by atoms with Gasteiger partial charge < -0.3 is 34.2 Å². The lowest BCUT2D eigenvalue weighted by Crippen LogP contribution is -2.50. The third-order valence-electron chi connectivity index (χ3n) is 5.47. The molecule has 1 N–H and O–H groups in total. The molecule has 2 saturated heterocycles. The average Bonchev–Trinajstić information content (AvgIpc) is 2.84. The first kappa shape index (κ1) is 21.0. The molecule has 10 nitrogen and oxygen atoms in total. The third-order valence-corrected chi connectivity index (χ3v) is 5.47. The molecule has 10 heteroatoms. The van der Waals surface area contributed by atoms with E-state index in [1.54, 1.807) is 43.6 Å². The average molecular weight is 428 g/mol. The molecule has 1 aromatic carbocycles. The second-order valence-corrected chi connectivity index (χ2v) is 7.34. The minimum Gasteiger partial charge on any atom is -0.497 e. The Morgan fingerprint density at radius 1 is 0.871 bits per heavy atom. The molecule has 0 atom stereocenters. The first-order chi connectivity index (χ1) is 15.2. The van der Waals surface area contributed by atoms with Crippen LogP contribution in [0.5, 0.6) is 11.5 Å². The maximum atomic E-state index is 12.7. The fourth-order valence-corrected chi connectivity index (χ4v) is 3.70. The largest absolute Gasteiger partial charge is 0.497 e. The molecule has 0 radical (unpaired) electrons. The van der Waals surface area contributed by atoms with Crippen molar-refractivity contribution in [3.63, 3.8) is 0 Å². The van der Waals surface area contributed by atoms with Crippen molar-refractivity contribution in [2.45, 2.75) is 0 Å². The highest BCUT2D eigenvalue weighted by Crippen LogP contribution is 2.26. The Morgan fingerprint density at radius 2 is 1.45 bits per heavy atom. The van der Waals surface area contributed by atoms with E-state index in [0.717, 1.165) is 24.7 Å². The van der Waals surface area contributed by atoms with Gasteiger partial charge in [-0.3, -0.25) is 0 Å². The van der Waals surface area contributed by atoms with E-state index in [1.165, 1.54) is 0 Å². The van der Waals surface area contributed by atoms with Crippen molar-refractivity contribution < 1.29 is 19.0 Å². The fraction of sp³-hybridized carbons (Fsp3) is 0.476. The zero-order valence-corrected chi connectivity index (χ0v) is 17.9. The van der Waals surface area contributed by atoms with E-state index in [2.05, 4.69) is 25.1 Å². The quantitative estimate of drug-likeness (QED) is 0.769. The number of morpholine rings is 1. The van der Waals surface area contributed by atoms with Gasteiger partial charge in [0.2, 0.25) is 0 Å². The lowest BCUT2D eigenvalue weighted by atomic mass is 10.2. The van der Waals surface area contributed by atoms with Crippen molar-refractivity contribution in [2.75, 3.05) is 81.8 Å². The molecule has 2 aliphatic heterocycles. The number of nitrogens with zero attached hydrogens (tertiary/aromatic N) is 5. The van der Waals surface area contributed by atoms with Crippen LogP contribution in [0, 0.1) is 0 Å². The van der Waals surface area contributed by atoms with E-state index in [4.69, 9.17) is 14.2 Å². The Bertz CT molecular complexity index is 875. The lowest BCUT2D eigenvalue weighted by Gasteiger charge is -2.36. The summed E-state index contributed by atoms with van der Waals surface area (Å²) < 4.78 is 16.0. The number of amides is 2. The van der Waals surface area contributed by atoms with Gasteiger partial charge in [0.05, 0.1) is 27.4 Å². The molecule has 4 rings (SSSR count). The Labute approximate surface area is 181 Å². The topological polar surface area (TPSA) is 92.3 Å². The van der Waals surface area contributed by atoms with Crippen molar-refractivity contribution in [1.29, 1.82) is 0 Å². The van der Waals surface area contributed by atoms with E-state index in [1.807, 2.05) is 6.07 Å². The highest BCUT2D eigenvalue weighted by Gasteiger charge is 2.23. The monoisotopic (exact) mass is 428 g/mol. The summed E-state index contributed by atoms with van der Waals surface area (Å²) in [6, 6.07) is 7.17. The van der Waals surface area contributed by atoms with Crippen molar-refractivity contribution in [1.82, 2.24) is 14.9 Å². The Kier molecular flexibility index (Phi) is 6.56. The molecule has 166 valence electrons. The van der Waals surface area contributed by atoms with Crippen LogP contribution in [0.15, 0.2) is 30.6 Å². The summed E-state index contributed by atoms with van der Waals surface area (Å²) in [7, 11) is 3.16. The number of piperazine rings is 1. The summed E-state index contributed by atoms with van der Waals surface area (Å²) in [6.07, 6.45) is 1.61. The molecule has 0 unspecified atom stereocenters. The van der Waals surface area contributed by atoms with Crippen LogP contribution in [0.3, 0.4) is 0 Å². The van der Waals surface area contributed by atoms with Crippen molar-refractivity contribution in [3.05, 3.63) is 30.6 Å². The van der Waals surface area contributed by atoms with E-state index in [9.17, 15) is 4.79 Å². The van der Waals surface area contributed by atoms with Crippen LogP contribution < -0.4 is 24.6 Å². The van der Waals surface area contributed by atoms with Gasteiger partial charge in [0.25, 0.3) is 0 Å². The predicted molar refractivity (Wildman–Crippen MR) is 117 cm³/mol. The molecule has 0 spiro atoms. The van der Waals surface area contributed by atoms with Gasteiger partial charge in [0, 0.05) is 69.2 Å². The van der Waals surface area contributed by atoms with E-state index < -0.39 is 0 Å². The van der Waals surface area contributed by atoms with Crippen LogP contribution in [-0.2, 0) is 4.74 Å². The third kappa shape index (κ3) is 5.08. The number of hydrogen-bond acceptors (Lipinski definition) is 8. The number of aromatic nitrogens is 2. The van der Waals surface area contributed by atoms with Crippen LogP contribution in [0.4, 0.5) is 22.1 Å². The van der Waals surface area contributed by atoms with Crippen molar-refractivity contribution in [3.8, 4) is 11.5 Å². The molecule has 31 heavy (non-hydrogen) atoms. The van der Waals surface area contributed by atoms with Gasteiger partial charge in [-0.05, 0) is 0 Å². The second kappa shape index (κ2) is 9.69. The molecule has 0 saturated carbocycles. The summed E-state index contributed by atoms with van der Waals surface area (Å²) >= 11 is 0. The Morgan fingerprint density at radius 3 is 2.03 bits per heavy atom. The molecule has 0 aliphatic carbocycles. The Balaban J connectivity index is 1.35. The predicted octanol–water partition coefficient (Wildman–Crippen LogP) is 1.68. The molecule has 2 aromatic rings. The smallest absolute Gasteiger partial charge is 0.321 e. The molecule has 2 aliphatic rings. The number of ether oxygens (including phenoxy) is 3. The van der Waals surface area contributed by atoms with Gasteiger partial charge >= 0.3 is 6.03 Å². The molecule has 3 heterocycles. The molecular weight excluding hydrogens is 400 g/mol. The van der Waals surface area contributed by atoms with E-state index in [0.29, 0.717) is 56.6 Å². The number of carbonyl (C=O) groups is 1. The Hall–Kier alpha value is -3.27. The van der Waals surface area contributed by atoms with Crippen LogP contribution in [0.1, 0.15) is 0 Å². The number of methoxy groups -OCH3 is 2. The second-order valence-electron chi connectivity index (χ2n) is 7.34. The SMILES string of the molecule is COc1cc(NC(=O)N2CCN(c3cc(N4CCOCC4)ncn3)CC2)cc(OC)c1. The van der Waals surface area contributed by atoms with Gasteiger partial charge in [-0.1, -0.05) is 0 Å². The maximum absolute atomic E-state index is 12.7. The molecule has 2 amide bonds. The fourth-order valence-electron chi connectivity index (χ4n) is 3.70. The number of benzene rings is 1. The summed E-state index contributed by atoms with van der Waals surface area (Å²) in [4.78, 5) is 27.8. The van der Waals surface area contributed by atoms with E-state index in [-0.39, 0.29) is 6.03 Å². The zero-order valence-electron chi connectivity index (χ0n) is 17.9. The van der Waals surface area contributed by atoms with Crippen LogP contribution in [0.25, 0.3) is 0 Å². The first-order valence-electron chi connectivity index (χ1n) is 10.3. The number of nitrogens with one attached hydrogen (secondary N) is 1. The number of rotatable bonds is 5. The van der Waals surface area contributed by atoms with Gasteiger partial charge in [-0.25, -0.2) is 14.8 Å². The van der Waals surface area contributed by atoms with Gasteiger partial charge in [-0.2, -0.15) is 0 Å². The highest BCUT2D eigenvalue weighted by atomic mass is 16.5. The number of urea groups is 1. The van der Waals surface area contributed by atoms with Crippen LogP contribution >= 0.6 is 0 Å². The lowest BCUT2D eigenvalue weighted by molar-refractivity contribution is 0.122. The van der Waals surface area contributed by atoms with Crippen LogP contribution in [0.2, 0.25) is 0 Å². The minimum absolute atomic E-state index is 0.147. The maximum Gasteiger partial charge on any atom is 0.321 e. The molecule has 0 bridgehead atoms. The molecule has 1 aromatic heterocycles. The summed E-state index contributed by atoms with van der Waals surface area (Å²) in [5.41, 5.74) is 0.634. The number of anilines is 3.